The lowest BCUT2D eigenvalue weighted by Gasteiger charge is -2.09. The van der Waals surface area contributed by atoms with Crippen molar-refractivity contribution in [1.29, 1.82) is 0 Å². The van der Waals surface area contributed by atoms with Crippen molar-refractivity contribution in [2.45, 2.75) is 11.9 Å². The number of benzene rings is 2. The van der Waals surface area contributed by atoms with Gasteiger partial charge in [0.25, 0.3) is 0 Å². The average molecular weight is 382 g/mol. The van der Waals surface area contributed by atoms with Gasteiger partial charge >= 0.3 is 0 Å². The molecule has 8 heteroatoms. The van der Waals surface area contributed by atoms with Gasteiger partial charge in [-0.05, 0) is 29.8 Å². The number of hydrogen-bond acceptors (Lipinski definition) is 5. The number of hydrogen-bond donors (Lipinski definition) is 1. The minimum atomic E-state index is -1.87. The molecule has 2 N–H and O–H groups in total. The van der Waals surface area contributed by atoms with Gasteiger partial charge in [-0.3, -0.25) is 4.79 Å². The normalized spacial score (nSPS) is 18.2. The molecule has 2 unspecified atom stereocenters. The third kappa shape index (κ3) is 4.00. The summed E-state index contributed by atoms with van der Waals surface area (Å²) < 4.78 is 35.5. The molecule has 2 atom stereocenters. The van der Waals surface area contributed by atoms with E-state index in [-0.39, 0.29) is 17.4 Å². The van der Waals surface area contributed by atoms with E-state index in [2.05, 4.69) is 0 Å². The van der Waals surface area contributed by atoms with Gasteiger partial charge in [-0.1, -0.05) is 35.9 Å². The van der Waals surface area contributed by atoms with Crippen LogP contribution in [0.3, 0.4) is 0 Å². The topological polar surface area (TPSA) is 78.6 Å². The van der Waals surface area contributed by atoms with E-state index in [9.17, 15) is 13.4 Å². The summed E-state index contributed by atoms with van der Waals surface area (Å²) in [5.74, 6) is -1.44. The SMILES string of the molecule is NC1=C(OS(=O)Cc2ccc(F)cc2)C(=O)C(c2ccc(Cl)cc2)O1. The molecule has 1 aliphatic rings. The Kier molecular flexibility index (Phi) is 5.06. The van der Waals surface area contributed by atoms with Crippen molar-refractivity contribution in [3.05, 3.63) is 82.1 Å². The van der Waals surface area contributed by atoms with E-state index in [1.54, 1.807) is 24.3 Å². The van der Waals surface area contributed by atoms with Crippen molar-refractivity contribution in [3.63, 3.8) is 0 Å². The summed E-state index contributed by atoms with van der Waals surface area (Å²) in [5.41, 5.74) is 6.84. The minimum Gasteiger partial charge on any atom is -0.460 e. The Bertz CT molecular complexity index is 852. The van der Waals surface area contributed by atoms with Gasteiger partial charge in [0, 0.05) is 10.6 Å². The molecule has 0 aromatic heterocycles. The summed E-state index contributed by atoms with van der Waals surface area (Å²) in [7, 11) is 0. The van der Waals surface area contributed by atoms with Gasteiger partial charge in [-0.2, -0.15) is 0 Å². The van der Waals surface area contributed by atoms with Crippen LogP contribution < -0.4 is 5.73 Å². The first-order chi connectivity index (χ1) is 11.9. The summed E-state index contributed by atoms with van der Waals surface area (Å²) in [5, 5.41) is 0.520. The Labute approximate surface area is 150 Å². The van der Waals surface area contributed by atoms with Crippen molar-refractivity contribution < 1.29 is 22.3 Å². The van der Waals surface area contributed by atoms with Crippen molar-refractivity contribution in [1.82, 2.24) is 0 Å². The third-order valence-electron chi connectivity index (χ3n) is 3.48. The summed E-state index contributed by atoms with van der Waals surface area (Å²) in [6.45, 7) is 0. The molecule has 5 nitrogen and oxygen atoms in total. The number of Topliss-reactive ketones (excluding diaryl/α,β-unsaturated/α-hetero) is 1. The van der Waals surface area contributed by atoms with E-state index in [1.165, 1.54) is 24.3 Å². The Hall–Kier alpha value is -2.38. The fourth-order valence-corrected chi connectivity index (χ4v) is 3.25. The zero-order valence-corrected chi connectivity index (χ0v) is 14.4. The molecule has 0 bridgehead atoms. The molecule has 0 spiro atoms. The largest absolute Gasteiger partial charge is 0.460 e. The molecule has 0 aliphatic carbocycles. The molecular formula is C17H13ClFNO4S. The van der Waals surface area contributed by atoms with Crippen LogP contribution in [0.2, 0.25) is 5.02 Å². The smallest absolute Gasteiger partial charge is 0.249 e. The number of rotatable bonds is 5. The zero-order chi connectivity index (χ0) is 18.0. The number of carbonyl (C=O) groups is 1. The quantitative estimate of drug-likeness (QED) is 0.860. The van der Waals surface area contributed by atoms with Gasteiger partial charge in [0.1, 0.15) is 5.82 Å². The second kappa shape index (κ2) is 7.25. The number of halogens is 2. The Morgan fingerprint density at radius 1 is 1.16 bits per heavy atom. The number of carbonyl (C=O) groups excluding carboxylic acids is 1. The molecular weight excluding hydrogens is 369 g/mol. The highest BCUT2D eigenvalue weighted by atomic mass is 35.5. The van der Waals surface area contributed by atoms with Crippen molar-refractivity contribution in [2.75, 3.05) is 0 Å². The Balaban J connectivity index is 1.68. The third-order valence-corrected chi connectivity index (χ3v) is 4.65. The van der Waals surface area contributed by atoms with Crippen LogP contribution in [0.25, 0.3) is 0 Å². The molecule has 0 radical (unpaired) electrons. The van der Waals surface area contributed by atoms with Crippen molar-refractivity contribution >= 4 is 28.5 Å². The van der Waals surface area contributed by atoms with Crippen LogP contribution >= 0.6 is 11.6 Å². The Morgan fingerprint density at radius 3 is 2.44 bits per heavy atom. The summed E-state index contributed by atoms with van der Waals surface area (Å²) in [6, 6.07) is 12.0. The fraction of sp³-hybridized carbons (Fsp3) is 0.118. The van der Waals surface area contributed by atoms with E-state index in [0.29, 0.717) is 16.1 Å². The van der Waals surface area contributed by atoms with Gasteiger partial charge in [-0.15, -0.1) is 0 Å². The van der Waals surface area contributed by atoms with Crippen LogP contribution in [0, 0.1) is 5.82 Å². The lowest BCUT2D eigenvalue weighted by atomic mass is 10.1. The Morgan fingerprint density at radius 2 is 1.80 bits per heavy atom. The number of nitrogens with two attached hydrogens (primary N) is 1. The average Bonchev–Trinajstić information content (AvgIpc) is 2.86. The van der Waals surface area contributed by atoms with Crippen LogP contribution in [0.1, 0.15) is 17.2 Å². The zero-order valence-electron chi connectivity index (χ0n) is 12.8. The number of ether oxygens (including phenoxy) is 1. The van der Waals surface area contributed by atoms with Crippen LogP contribution in [0.4, 0.5) is 4.39 Å². The predicted octanol–water partition coefficient (Wildman–Crippen LogP) is 3.13. The van der Waals surface area contributed by atoms with E-state index >= 15 is 0 Å². The fourth-order valence-electron chi connectivity index (χ4n) is 2.25. The first-order valence-corrected chi connectivity index (χ1v) is 8.83. The highest BCUT2D eigenvalue weighted by Crippen LogP contribution is 2.32. The molecule has 0 saturated heterocycles. The van der Waals surface area contributed by atoms with Crippen LogP contribution in [0.15, 0.2) is 60.2 Å². The van der Waals surface area contributed by atoms with Crippen molar-refractivity contribution in [2.24, 2.45) is 5.73 Å². The lowest BCUT2D eigenvalue weighted by molar-refractivity contribution is -0.123. The first-order valence-electron chi connectivity index (χ1n) is 7.21. The molecule has 0 saturated carbocycles. The van der Waals surface area contributed by atoms with Gasteiger partial charge < -0.3 is 14.7 Å². The van der Waals surface area contributed by atoms with Crippen LogP contribution in [0.5, 0.6) is 0 Å². The van der Waals surface area contributed by atoms with Crippen LogP contribution in [-0.2, 0) is 30.5 Å². The predicted molar refractivity (Wildman–Crippen MR) is 90.8 cm³/mol. The van der Waals surface area contributed by atoms with Gasteiger partial charge in [0.15, 0.2) is 6.10 Å². The van der Waals surface area contributed by atoms with E-state index in [1.807, 2.05) is 0 Å². The summed E-state index contributed by atoms with van der Waals surface area (Å²) >= 11 is 3.95. The minimum absolute atomic E-state index is 0.0179. The van der Waals surface area contributed by atoms with Gasteiger partial charge in [-0.25, -0.2) is 8.60 Å². The molecule has 2 aromatic rings. The van der Waals surface area contributed by atoms with Crippen molar-refractivity contribution in [3.8, 4) is 0 Å². The maximum Gasteiger partial charge on any atom is 0.249 e. The highest BCUT2D eigenvalue weighted by molar-refractivity contribution is 7.79. The van der Waals surface area contributed by atoms with E-state index in [4.69, 9.17) is 26.3 Å². The van der Waals surface area contributed by atoms with Crippen LogP contribution in [-0.4, -0.2) is 9.99 Å². The maximum atomic E-state index is 12.9. The standard InChI is InChI=1S/C17H13ClFNO4S/c18-12-5-3-11(4-6-12)15-14(21)16(17(20)23-15)24-25(22)9-10-1-7-13(19)8-2-10/h1-8,15H,9,20H2. The monoisotopic (exact) mass is 381 g/mol. The molecule has 0 amide bonds. The van der Waals surface area contributed by atoms with E-state index in [0.717, 1.165) is 0 Å². The van der Waals surface area contributed by atoms with E-state index < -0.39 is 28.8 Å². The number of ketones is 1. The molecule has 130 valence electrons. The molecule has 25 heavy (non-hydrogen) atoms. The second-order valence-corrected chi connectivity index (χ2v) is 6.76. The molecule has 2 aromatic carbocycles. The first kappa shape index (κ1) is 17.4. The molecule has 1 heterocycles. The highest BCUT2D eigenvalue weighted by Gasteiger charge is 2.38. The molecule has 1 aliphatic heterocycles. The van der Waals surface area contributed by atoms with Gasteiger partial charge in [0.05, 0.1) is 5.75 Å². The van der Waals surface area contributed by atoms with Gasteiger partial charge in [0.2, 0.25) is 28.5 Å². The maximum absolute atomic E-state index is 12.9. The lowest BCUT2D eigenvalue weighted by Crippen LogP contribution is -2.13. The molecule has 3 rings (SSSR count). The summed E-state index contributed by atoms with van der Waals surface area (Å²) in [6.07, 6.45) is -0.963. The molecule has 0 fully saturated rings. The summed E-state index contributed by atoms with van der Waals surface area (Å²) in [4.78, 5) is 12.4. The second-order valence-electron chi connectivity index (χ2n) is 5.26.